The first-order valence-electron chi connectivity index (χ1n) is 24.5. The molecule has 0 atom stereocenters. The molecule has 12 aromatic carbocycles. The van der Waals surface area contributed by atoms with E-state index in [-0.39, 0.29) is 0 Å². The summed E-state index contributed by atoms with van der Waals surface area (Å²) in [7, 11) is 0. The number of aromatic nitrogens is 2. The molecule has 0 fully saturated rings. The highest BCUT2D eigenvalue weighted by molar-refractivity contribution is 6.29. The van der Waals surface area contributed by atoms with Gasteiger partial charge in [-0.15, -0.1) is 0 Å². The first kappa shape index (κ1) is 40.8. The molecule has 0 saturated heterocycles. The molecule has 71 heavy (non-hydrogen) atoms. The molecule has 0 bridgehead atoms. The molecular weight excluding hydrogens is 857 g/mol. The van der Waals surface area contributed by atoms with Crippen LogP contribution in [0.5, 0.6) is 0 Å². The van der Waals surface area contributed by atoms with Crippen molar-refractivity contribution in [1.82, 2.24) is 9.97 Å². The molecule has 2 nitrogen and oxygen atoms in total. The summed E-state index contributed by atoms with van der Waals surface area (Å²) in [4.78, 5) is 11.0. The van der Waals surface area contributed by atoms with Gasteiger partial charge in [0.05, 0.1) is 16.8 Å². The molecule has 0 aliphatic heterocycles. The third-order valence-corrected chi connectivity index (χ3v) is 15.0. The van der Waals surface area contributed by atoms with Gasteiger partial charge in [0.25, 0.3) is 0 Å². The van der Waals surface area contributed by atoms with Gasteiger partial charge >= 0.3 is 0 Å². The summed E-state index contributed by atoms with van der Waals surface area (Å²) < 4.78 is 0. The normalized spacial score (nSPS) is 12.6. The van der Waals surface area contributed by atoms with Gasteiger partial charge in [-0.25, -0.2) is 9.97 Å². The van der Waals surface area contributed by atoms with Crippen molar-refractivity contribution in [2.24, 2.45) is 0 Å². The van der Waals surface area contributed by atoms with Crippen molar-refractivity contribution in [1.29, 1.82) is 0 Å². The molecule has 330 valence electrons. The van der Waals surface area contributed by atoms with Crippen molar-refractivity contribution in [3.63, 3.8) is 0 Å². The molecule has 0 spiro atoms. The molecule has 0 radical (unpaired) electrons. The van der Waals surface area contributed by atoms with E-state index < -0.39 is 5.41 Å². The van der Waals surface area contributed by atoms with Crippen molar-refractivity contribution in [2.45, 2.75) is 5.41 Å². The van der Waals surface area contributed by atoms with E-state index in [1.54, 1.807) is 0 Å². The van der Waals surface area contributed by atoms with Crippen LogP contribution in [-0.2, 0) is 5.41 Å². The van der Waals surface area contributed by atoms with Crippen LogP contribution in [-0.4, -0.2) is 9.97 Å². The second-order valence-corrected chi connectivity index (χ2v) is 18.7. The summed E-state index contributed by atoms with van der Waals surface area (Å²) in [6.07, 6.45) is 0. The summed E-state index contributed by atoms with van der Waals surface area (Å²) in [5.41, 5.74) is 16.6. The van der Waals surface area contributed by atoms with Gasteiger partial charge in [-0.2, -0.15) is 0 Å². The Morgan fingerprint density at radius 1 is 0.268 bits per heavy atom. The molecule has 14 rings (SSSR count). The Bertz CT molecular complexity index is 4160. The molecule has 1 aliphatic rings. The van der Waals surface area contributed by atoms with E-state index in [2.05, 4.69) is 267 Å². The Hall–Kier alpha value is -9.24. The molecule has 0 amide bonds. The maximum absolute atomic E-state index is 5.51. The number of fused-ring (bicyclic) bond motifs is 8. The minimum absolute atomic E-state index is 0.534. The van der Waals surface area contributed by atoms with Gasteiger partial charge in [-0.1, -0.05) is 261 Å². The molecule has 1 aromatic heterocycles. The van der Waals surface area contributed by atoms with Gasteiger partial charge in [0, 0.05) is 16.7 Å². The lowest BCUT2D eigenvalue weighted by Gasteiger charge is -2.33. The summed E-state index contributed by atoms with van der Waals surface area (Å²) >= 11 is 0. The Labute approximate surface area is 412 Å². The lowest BCUT2D eigenvalue weighted by Crippen LogP contribution is -2.28. The van der Waals surface area contributed by atoms with E-state index in [4.69, 9.17) is 9.97 Å². The molecular formula is C69H44N2. The Kier molecular flexibility index (Phi) is 9.47. The molecule has 1 aliphatic carbocycles. The molecule has 1 heterocycles. The van der Waals surface area contributed by atoms with Gasteiger partial charge in [-0.05, 0) is 105 Å². The predicted molar refractivity (Wildman–Crippen MR) is 297 cm³/mol. The van der Waals surface area contributed by atoms with Crippen LogP contribution in [0.2, 0.25) is 0 Å². The minimum Gasteiger partial charge on any atom is -0.228 e. The van der Waals surface area contributed by atoms with Crippen LogP contribution in [0.1, 0.15) is 22.3 Å². The third kappa shape index (κ3) is 6.28. The zero-order chi connectivity index (χ0) is 46.9. The van der Waals surface area contributed by atoms with Gasteiger partial charge in [-0.3, -0.25) is 0 Å². The number of nitrogens with zero attached hydrogens (tertiary/aromatic N) is 2. The Balaban J connectivity index is 1.03. The van der Waals surface area contributed by atoms with Crippen LogP contribution in [0.25, 0.3) is 110 Å². The van der Waals surface area contributed by atoms with Gasteiger partial charge in [0.1, 0.15) is 0 Å². The van der Waals surface area contributed by atoms with Crippen molar-refractivity contribution < 1.29 is 0 Å². The smallest absolute Gasteiger partial charge is 0.160 e. The average molecular weight is 901 g/mol. The van der Waals surface area contributed by atoms with Crippen LogP contribution >= 0.6 is 0 Å². The van der Waals surface area contributed by atoms with Crippen LogP contribution in [0, 0.1) is 0 Å². The number of hydrogen-bond donors (Lipinski definition) is 0. The van der Waals surface area contributed by atoms with Gasteiger partial charge in [0.15, 0.2) is 5.82 Å². The van der Waals surface area contributed by atoms with Crippen molar-refractivity contribution in [2.75, 3.05) is 0 Å². The van der Waals surface area contributed by atoms with Crippen molar-refractivity contribution in [3.8, 4) is 67.3 Å². The number of benzene rings is 12. The second kappa shape index (κ2) is 16.5. The van der Waals surface area contributed by atoms with Crippen LogP contribution in [0.15, 0.2) is 267 Å². The quantitative estimate of drug-likeness (QED) is 0.118. The van der Waals surface area contributed by atoms with E-state index in [1.807, 2.05) is 0 Å². The maximum Gasteiger partial charge on any atom is 0.160 e. The van der Waals surface area contributed by atoms with E-state index in [9.17, 15) is 0 Å². The lowest BCUT2D eigenvalue weighted by molar-refractivity contribution is 0.768. The maximum atomic E-state index is 5.51. The van der Waals surface area contributed by atoms with Crippen molar-refractivity contribution in [3.05, 3.63) is 289 Å². The highest BCUT2D eigenvalue weighted by atomic mass is 14.9. The van der Waals surface area contributed by atoms with E-state index in [0.717, 1.165) is 33.5 Å². The monoisotopic (exact) mass is 900 g/mol. The van der Waals surface area contributed by atoms with E-state index in [0.29, 0.717) is 5.82 Å². The predicted octanol–water partition coefficient (Wildman–Crippen LogP) is 17.8. The van der Waals surface area contributed by atoms with Crippen LogP contribution in [0.4, 0.5) is 0 Å². The van der Waals surface area contributed by atoms with E-state index in [1.165, 1.54) is 93.3 Å². The van der Waals surface area contributed by atoms with Crippen molar-refractivity contribution >= 4 is 43.1 Å². The largest absolute Gasteiger partial charge is 0.228 e. The standard InChI is InChI=1S/C69H44N2/c1-5-23-46(24-6-1)64-54-34-17-18-35-55(54)67(66-50-31-14-13-22-45(50)40-41-59(64)66)56-43-42-53(51-32-15-16-33-52(51)56)62-44-63(71-68(70-62)47-25-7-2-8-26-47)58-37-21-39-61-65(58)57-36-19-20-38-60(57)69(61,48-27-9-3-10-28-48)49-29-11-4-12-30-49/h1-44H. The zero-order valence-electron chi connectivity index (χ0n) is 38.8. The summed E-state index contributed by atoms with van der Waals surface area (Å²) in [5.74, 6) is 0.687. The lowest BCUT2D eigenvalue weighted by atomic mass is 9.67. The highest BCUT2D eigenvalue weighted by Gasteiger charge is 2.47. The minimum atomic E-state index is -0.534. The van der Waals surface area contributed by atoms with Gasteiger partial charge < -0.3 is 0 Å². The fourth-order valence-corrected chi connectivity index (χ4v) is 12.0. The molecule has 0 unspecified atom stereocenters. The first-order valence-corrected chi connectivity index (χ1v) is 24.5. The van der Waals surface area contributed by atoms with Crippen LogP contribution in [0.3, 0.4) is 0 Å². The van der Waals surface area contributed by atoms with Gasteiger partial charge in [0.2, 0.25) is 0 Å². The molecule has 0 saturated carbocycles. The summed E-state index contributed by atoms with van der Waals surface area (Å²) in [5, 5.41) is 9.72. The third-order valence-electron chi connectivity index (χ3n) is 15.0. The second-order valence-electron chi connectivity index (χ2n) is 18.7. The van der Waals surface area contributed by atoms with E-state index >= 15 is 0 Å². The van der Waals surface area contributed by atoms with Crippen LogP contribution < -0.4 is 0 Å². The molecule has 2 heteroatoms. The Morgan fingerprint density at radius 3 is 1.45 bits per heavy atom. The highest BCUT2D eigenvalue weighted by Crippen LogP contribution is 2.58. The number of rotatable bonds is 7. The molecule has 0 N–H and O–H groups in total. The fraction of sp³-hybridized carbons (Fsp3) is 0.0145. The SMILES string of the molecule is c1ccc(-c2nc(-c3cccc4c3-c3ccccc3C4(c3ccccc3)c3ccccc3)cc(-c3ccc(-c4c5ccccc5c(-c5ccccc5)c5ccc6ccccc6c45)c4ccccc34)n2)cc1. The topological polar surface area (TPSA) is 25.8 Å². The zero-order valence-corrected chi connectivity index (χ0v) is 38.8. The summed E-state index contributed by atoms with van der Waals surface area (Å²) in [6.45, 7) is 0. The molecule has 13 aromatic rings. The number of hydrogen-bond acceptors (Lipinski definition) is 2. The average Bonchev–Trinajstić information content (AvgIpc) is 3.77. The summed E-state index contributed by atoms with van der Waals surface area (Å²) in [6, 6.07) is 97.2. The fourth-order valence-electron chi connectivity index (χ4n) is 12.0. The Morgan fingerprint density at radius 2 is 0.761 bits per heavy atom. The first-order chi connectivity index (χ1) is 35.3.